The topological polar surface area (TPSA) is 12.0 Å². The molecule has 1 unspecified atom stereocenters. The van der Waals surface area contributed by atoms with Crippen molar-refractivity contribution in [2.45, 2.75) is 25.4 Å². The van der Waals surface area contributed by atoms with Crippen molar-refractivity contribution in [1.82, 2.24) is 5.32 Å². The molecule has 0 heterocycles. The molecule has 1 nitrogen and oxygen atoms in total. The van der Waals surface area contributed by atoms with E-state index in [1.54, 1.807) is 7.05 Å². The minimum atomic E-state index is -0.594. The predicted octanol–water partition coefficient (Wildman–Crippen LogP) is 1.34. The largest absolute Gasteiger partial charge is 0.317 e. The van der Waals surface area contributed by atoms with Gasteiger partial charge in [0.1, 0.15) is 6.17 Å². The summed E-state index contributed by atoms with van der Waals surface area (Å²) in [4.78, 5) is 0. The van der Waals surface area contributed by atoms with E-state index in [4.69, 9.17) is 0 Å². The first-order valence-electron chi connectivity index (χ1n) is 3.63. The predicted molar refractivity (Wildman–Crippen MR) is 36.2 cm³/mol. The van der Waals surface area contributed by atoms with Gasteiger partial charge in [0, 0.05) is 6.54 Å². The van der Waals surface area contributed by atoms with Crippen LogP contribution in [-0.4, -0.2) is 19.8 Å². The molecule has 1 N–H and O–H groups in total. The van der Waals surface area contributed by atoms with Gasteiger partial charge in [-0.05, 0) is 25.8 Å². The van der Waals surface area contributed by atoms with Crippen LogP contribution in [0.25, 0.3) is 0 Å². The maximum Gasteiger partial charge on any atom is 0.115 e. The zero-order valence-electron chi connectivity index (χ0n) is 5.86. The maximum atomic E-state index is 12.8. The van der Waals surface area contributed by atoms with Crippen LogP contribution in [0.3, 0.4) is 0 Å². The molecule has 0 saturated heterocycles. The monoisotopic (exact) mass is 131 g/mol. The highest BCUT2D eigenvalue weighted by Gasteiger charge is 2.25. The number of rotatable bonds is 3. The van der Waals surface area contributed by atoms with Crippen LogP contribution in [-0.2, 0) is 0 Å². The fourth-order valence-corrected chi connectivity index (χ4v) is 1.16. The Hall–Kier alpha value is -0.110. The van der Waals surface area contributed by atoms with Crippen LogP contribution < -0.4 is 5.32 Å². The third kappa shape index (κ3) is 1.65. The summed E-state index contributed by atoms with van der Waals surface area (Å²) in [6, 6.07) is 0. The number of hydrogen-bond donors (Lipinski definition) is 1. The van der Waals surface area contributed by atoms with Crippen molar-refractivity contribution in [2.75, 3.05) is 13.6 Å². The molecule has 54 valence electrons. The lowest BCUT2D eigenvalue weighted by Gasteiger charge is -2.28. The minimum Gasteiger partial charge on any atom is -0.317 e. The lowest BCUT2D eigenvalue weighted by molar-refractivity contribution is 0.148. The standard InChI is InChI=1S/C7H14FN/c1-9-5-7(8)6-3-2-4-6/h6-7,9H,2-5H2,1H3. The molecule has 0 bridgehead atoms. The van der Waals surface area contributed by atoms with Crippen molar-refractivity contribution in [1.29, 1.82) is 0 Å². The van der Waals surface area contributed by atoms with Gasteiger partial charge in [-0.2, -0.15) is 0 Å². The van der Waals surface area contributed by atoms with Crippen LogP contribution in [0.5, 0.6) is 0 Å². The fraction of sp³-hybridized carbons (Fsp3) is 1.00. The van der Waals surface area contributed by atoms with Crippen molar-refractivity contribution in [2.24, 2.45) is 5.92 Å². The normalized spacial score (nSPS) is 23.3. The molecule has 1 rings (SSSR count). The van der Waals surface area contributed by atoms with Crippen LogP contribution in [0.4, 0.5) is 4.39 Å². The Morgan fingerprint density at radius 3 is 2.67 bits per heavy atom. The van der Waals surface area contributed by atoms with E-state index in [1.165, 1.54) is 6.42 Å². The number of alkyl halides is 1. The third-order valence-corrected chi connectivity index (χ3v) is 2.06. The van der Waals surface area contributed by atoms with Crippen molar-refractivity contribution in [3.05, 3.63) is 0 Å². The summed E-state index contributed by atoms with van der Waals surface area (Å²) in [6.45, 7) is 0.532. The van der Waals surface area contributed by atoms with Crippen LogP contribution in [0.2, 0.25) is 0 Å². The average Bonchev–Trinajstić information content (AvgIpc) is 1.60. The van der Waals surface area contributed by atoms with Gasteiger partial charge in [-0.25, -0.2) is 4.39 Å². The minimum absolute atomic E-state index is 0.373. The fourth-order valence-electron chi connectivity index (χ4n) is 1.16. The molecule has 1 aliphatic carbocycles. The summed E-state index contributed by atoms with van der Waals surface area (Å²) in [5.74, 6) is 0.373. The van der Waals surface area contributed by atoms with E-state index in [-0.39, 0.29) is 0 Å². The van der Waals surface area contributed by atoms with Gasteiger partial charge in [-0.1, -0.05) is 6.42 Å². The Morgan fingerprint density at radius 1 is 1.67 bits per heavy atom. The molecule has 1 aliphatic rings. The number of halogens is 1. The lowest BCUT2D eigenvalue weighted by Crippen LogP contribution is -2.31. The van der Waals surface area contributed by atoms with E-state index in [0.717, 1.165) is 12.8 Å². The van der Waals surface area contributed by atoms with E-state index in [0.29, 0.717) is 12.5 Å². The second-order valence-corrected chi connectivity index (χ2v) is 2.76. The van der Waals surface area contributed by atoms with Crippen LogP contribution in [0, 0.1) is 5.92 Å². The van der Waals surface area contributed by atoms with E-state index < -0.39 is 6.17 Å². The van der Waals surface area contributed by atoms with Crippen molar-refractivity contribution < 1.29 is 4.39 Å². The summed E-state index contributed by atoms with van der Waals surface area (Å²) in [5, 5.41) is 2.84. The highest BCUT2D eigenvalue weighted by atomic mass is 19.1. The maximum absolute atomic E-state index is 12.8. The Kier molecular flexibility index (Phi) is 2.46. The molecule has 1 fully saturated rings. The first-order chi connectivity index (χ1) is 4.34. The van der Waals surface area contributed by atoms with Gasteiger partial charge in [-0.15, -0.1) is 0 Å². The van der Waals surface area contributed by atoms with Gasteiger partial charge in [0.25, 0.3) is 0 Å². The SMILES string of the molecule is CNCC(F)C1CCC1. The average molecular weight is 131 g/mol. The first-order valence-corrected chi connectivity index (χ1v) is 3.63. The Labute approximate surface area is 55.6 Å². The van der Waals surface area contributed by atoms with Gasteiger partial charge >= 0.3 is 0 Å². The molecule has 9 heavy (non-hydrogen) atoms. The summed E-state index contributed by atoms with van der Waals surface area (Å²) in [7, 11) is 1.80. The second kappa shape index (κ2) is 3.16. The quantitative estimate of drug-likeness (QED) is 0.609. The zero-order chi connectivity index (χ0) is 6.69. The summed E-state index contributed by atoms with van der Waals surface area (Å²) in [5.41, 5.74) is 0. The number of hydrogen-bond acceptors (Lipinski definition) is 1. The molecule has 0 aromatic rings. The zero-order valence-corrected chi connectivity index (χ0v) is 5.86. The highest BCUT2D eigenvalue weighted by molar-refractivity contribution is 4.77. The molecule has 0 aliphatic heterocycles. The molecule has 1 atom stereocenters. The Balaban J connectivity index is 2.08. The first kappa shape index (κ1) is 7.00. The van der Waals surface area contributed by atoms with Crippen LogP contribution in [0.1, 0.15) is 19.3 Å². The molecular weight excluding hydrogens is 117 g/mol. The van der Waals surface area contributed by atoms with Crippen molar-refractivity contribution in [3.8, 4) is 0 Å². The van der Waals surface area contributed by atoms with Gasteiger partial charge < -0.3 is 5.32 Å². The van der Waals surface area contributed by atoms with E-state index >= 15 is 0 Å². The van der Waals surface area contributed by atoms with Crippen LogP contribution >= 0.6 is 0 Å². The second-order valence-electron chi connectivity index (χ2n) is 2.76. The van der Waals surface area contributed by atoms with Crippen molar-refractivity contribution in [3.63, 3.8) is 0 Å². The van der Waals surface area contributed by atoms with Crippen molar-refractivity contribution >= 4 is 0 Å². The third-order valence-electron chi connectivity index (χ3n) is 2.06. The summed E-state index contributed by atoms with van der Waals surface area (Å²) in [6.07, 6.45) is 2.84. The molecule has 0 amide bonds. The summed E-state index contributed by atoms with van der Waals surface area (Å²) < 4.78 is 12.8. The molecule has 2 heteroatoms. The van der Waals surface area contributed by atoms with E-state index in [1.807, 2.05) is 0 Å². The van der Waals surface area contributed by atoms with Gasteiger partial charge in [0.05, 0.1) is 0 Å². The molecule has 1 saturated carbocycles. The Bertz CT molecular complexity index is 81.0. The summed E-state index contributed by atoms with van der Waals surface area (Å²) >= 11 is 0. The highest BCUT2D eigenvalue weighted by Crippen LogP contribution is 2.30. The molecular formula is C7H14FN. The van der Waals surface area contributed by atoms with E-state index in [9.17, 15) is 4.39 Å². The Morgan fingerprint density at radius 2 is 2.33 bits per heavy atom. The van der Waals surface area contributed by atoms with Crippen LogP contribution in [0.15, 0.2) is 0 Å². The molecule has 0 spiro atoms. The van der Waals surface area contributed by atoms with Gasteiger partial charge in [0.15, 0.2) is 0 Å². The van der Waals surface area contributed by atoms with Gasteiger partial charge in [-0.3, -0.25) is 0 Å². The smallest absolute Gasteiger partial charge is 0.115 e. The lowest BCUT2D eigenvalue weighted by atomic mass is 9.82. The van der Waals surface area contributed by atoms with Gasteiger partial charge in [0.2, 0.25) is 0 Å². The number of nitrogens with one attached hydrogen (secondary N) is 1. The van der Waals surface area contributed by atoms with E-state index in [2.05, 4.69) is 5.32 Å². The molecule has 0 radical (unpaired) electrons. The molecule has 0 aromatic carbocycles. The molecule has 0 aromatic heterocycles.